The van der Waals surface area contributed by atoms with Crippen molar-refractivity contribution in [1.29, 1.82) is 0 Å². The molecule has 0 unspecified atom stereocenters. The fourth-order valence-corrected chi connectivity index (χ4v) is 3.28. The number of nitrogens with zero attached hydrogens (tertiary/aromatic N) is 3. The molecule has 0 saturated heterocycles. The van der Waals surface area contributed by atoms with Crippen LogP contribution in [0.1, 0.15) is 0 Å². The Morgan fingerprint density at radius 1 is 1.04 bits per heavy atom. The fourth-order valence-electron chi connectivity index (χ4n) is 3.28. The molecule has 0 atom stereocenters. The van der Waals surface area contributed by atoms with Crippen molar-refractivity contribution < 1.29 is 5.11 Å². The number of phenolic OH excluding ortho intramolecular Hbond substituents is 1. The summed E-state index contributed by atoms with van der Waals surface area (Å²) in [5.74, 6) is 0.134. The number of para-hydroxylation sites is 1. The summed E-state index contributed by atoms with van der Waals surface area (Å²) < 4.78 is 2.87. The van der Waals surface area contributed by atoms with Gasteiger partial charge in [-0.25, -0.2) is 4.79 Å². The highest BCUT2D eigenvalue weighted by Gasteiger charge is 2.18. The summed E-state index contributed by atoms with van der Waals surface area (Å²) in [7, 11) is 3.80. The average molecular weight is 360 g/mol. The Kier molecular flexibility index (Phi) is 4.18. The summed E-state index contributed by atoms with van der Waals surface area (Å²) in [5.41, 5.74) is 0.704. The molecule has 6 nitrogen and oxygen atoms in total. The molecular weight excluding hydrogens is 342 g/mol. The monoisotopic (exact) mass is 359 g/mol. The average Bonchev–Trinajstić information content (AvgIpc) is 2.87. The number of aromatic nitrogens is 2. The zero-order chi connectivity index (χ0) is 17.0. The summed E-state index contributed by atoms with van der Waals surface area (Å²) >= 11 is 0. The fraction of sp³-hybridized carbons (Fsp3) is 0.222. The van der Waals surface area contributed by atoms with Gasteiger partial charge in [-0.1, -0.05) is 12.1 Å². The Morgan fingerprint density at radius 3 is 2.48 bits per heavy atom. The lowest BCUT2D eigenvalue weighted by Crippen LogP contribution is -2.39. The summed E-state index contributed by atoms with van der Waals surface area (Å²) in [6, 6.07) is 10.3. The maximum Gasteiger partial charge on any atom is 0.336 e. The lowest BCUT2D eigenvalue weighted by Gasteiger charge is -2.12. The van der Waals surface area contributed by atoms with Gasteiger partial charge in [0.25, 0.3) is 5.56 Å². The number of halogens is 1. The predicted octanol–water partition coefficient (Wildman–Crippen LogP) is 1.89. The second kappa shape index (κ2) is 6.06. The molecule has 0 spiro atoms. The minimum atomic E-state index is -0.341. The van der Waals surface area contributed by atoms with Crippen molar-refractivity contribution in [1.82, 2.24) is 13.9 Å². The molecule has 0 aliphatic carbocycles. The van der Waals surface area contributed by atoms with Crippen molar-refractivity contribution in [3.8, 4) is 5.75 Å². The number of benzene rings is 2. The van der Waals surface area contributed by atoms with Crippen molar-refractivity contribution in [2.45, 2.75) is 6.54 Å². The molecule has 2 heterocycles. The molecule has 2 aromatic heterocycles. The molecule has 7 heteroatoms. The van der Waals surface area contributed by atoms with E-state index in [1.165, 1.54) is 4.57 Å². The van der Waals surface area contributed by atoms with E-state index in [4.69, 9.17) is 0 Å². The van der Waals surface area contributed by atoms with Gasteiger partial charge in [-0.2, -0.15) is 0 Å². The van der Waals surface area contributed by atoms with Gasteiger partial charge in [0.1, 0.15) is 5.75 Å². The Labute approximate surface area is 149 Å². The predicted molar refractivity (Wildman–Crippen MR) is 102 cm³/mol. The first-order valence-corrected chi connectivity index (χ1v) is 7.76. The molecule has 25 heavy (non-hydrogen) atoms. The first-order chi connectivity index (χ1) is 11.5. The molecule has 1 N–H and O–H groups in total. The van der Waals surface area contributed by atoms with E-state index in [1.807, 2.05) is 31.1 Å². The quantitative estimate of drug-likeness (QED) is 0.606. The third-order valence-electron chi connectivity index (χ3n) is 4.44. The lowest BCUT2D eigenvalue weighted by molar-refractivity contribution is 0.376. The third kappa shape index (κ3) is 2.45. The smallest absolute Gasteiger partial charge is 0.336 e. The van der Waals surface area contributed by atoms with Gasteiger partial charge < -0.3 is 10.0 Å². The van der Waals surface area contributed by atoms with Gasteiger partial charge in [0.2, 0.25) is 0 Å². The minimum Gasteiger partial charge on any atom is -0.508 e. The number of rotatable bonds is 3. The summed E-state index contributed by atoms with van der Waals surface area (Å²) in [4.78, 5) is 27.7. The maximum atomic E-state index is 13.0. The van der Waals surface area contributed by atoms with Crippen LogP contribution in [0.5, 0.6) is 5.75 Å². The highest BCUT2D eigenvalue weighted by molar-refractivity contribution is 6.13. The number of hydrogen-bond acceptors (Lipinski definition) is 4. The number of phenols is 1. The maximum absolute atomic E-state index is 13.0. The van der Waals surface area contributed by atoms with Crippen LogP contribution >= 0.6 is 12.4 Å². The molecule has 4 rings (SSSR count). The highest BCUT2D eigenvalue weighted by Crippen LogP contribution is 2.31. The molecule has 0 fully saturated rings. The van der Waals surface area contributed by atoms with Crippen LogP contribution in [0.15, 0.2) is 46.0 Å². The van der Waals surface area contributed by atoms with Crippen molar-refractivity contribution in [2.75, 3.05) is 20.6 Å². The van der Waals surface area contributed by atoms with Crippen LogP contribution in [0.2, 0.25) is 0 Å². The van der Waals surface area contributed by atoms with E-state index in [2.05, 4.69) is 0 Å². The lowest BCUT2D eigenvalue weighted by atomic mass is 10.1. The summed E-state index contributed by atoms with van der Waals surface area (Å²) in [6.07, 6.45) is 0. The SMILES string of the molecule is CN(C)CCn1c(=O)c2cccc3c4cc(O)ccc4n(c1=O)c23.Cl. The number of hydrogen-bond donors (Lipinski definition) is 1. The van der Waals surface area contributed by atoms with Crippen LogP contribution in [0, 0.1) is 0 Å². The topological polar surface area (TPSA) is 66.9 Å². The zero-order valence-electron chi connectivity index (χ0n) is 13.9. The van der Waals surface area contributed by atoms with Crippen molar-refractivity contribution >= 4 is 39.6 Å². The van der Waals surface area contributed by atoms with Gasteiger partial charge in [0, 0.05) is 23.9 Å². The van der Waals surface area contributed by atoms with Crippen LogP contribution in [0.3, 0.4) is 0 Å². The molecule has 2 aromatic carbocycles. The molecule has 0 radical (unpaired) electrons. The third-order valence-corrected chi connectivity index (χ3v) is 4.44. The molecule has 0 aliphatic heterocycles. The molecule has 130 valence electrons. The van der Waals surface area contributed by atoms with Gasteiger partial charge >= 0.3 is 5.69 Å². The number of likely N-dealkylation sites (N-methyl/N-ethyl adjacent to an activating group) is 1. The second-order valence-electron chi connectivity index (χ2n) is 6.28. The molecule has 0 saturated carbocycles. The van der Waals surface area contributed by atoms with Crippen molar-refractivity contribution in [2.24, 2.45) is 0 Å². The standard InChI is InChI=1S/C18H17N3O3.ClH/c1-19(2)8-9-20-17(23)13-5-3-4-12-14-10-11(22)6-7-15(14)21(16(12)13)18(20)24;/h3-7,10,22H,8-9H2,1-2H3;1H. The Hall–Kier alpha value is -2.57. The van der Waals surface area contributed by atoms with Crippen LogP contribution in [-0.4, -0.2) is 39.6 Å². The van der Waals surface area contributed by atoms with E-state index >= 15 is 0 Å². The Balaban J connectivity index is 0.00000182. The Bertz CT molecular complexity index is 1190. The van der Waals surface area contributed by atoms with Crippen LogP contribution in [0.25, 0.3) is 27.2 Å². The first-order valence-electron chi connectivity index (χ1n) is 7.76. The highest BCUT2D eigenvalue weighted by atomic mass is 35.5. The zero-order valence-corrected chi connectivity index (χ0v) is 14.7. The minimum absolute atomic E-state index is 0. The van der Waals surface area contributed by atoms with Gasteiger partial charge in [0.15, 0.2) is 0 Å². The van der Waals surface area contributed by atoms with E-state index in [1.54, 1.807) is 28.7 Å². The second-order valence-corrected chi connectivity index (χ2v) is 6.28. The molecule has 0 amide bonds. The van der Waals surface area contributed by atoms with Crippen molar-refractivity contribution in [3.05, 3.63) is 57.2 Å². The van der Waals surface area contributed by atoms with E-state index in [0.29, 0.717) is 29.5 Å². The van der Waals surface area contributed by atoms with Crippen molar-refractivity contribution in [3.63, 3.8) is 0 Å². The number of fused-ring (bicyclic) bond motifs is 3. The van der Waals surface area contributed by atoms with Gasteiger partial charge in [0.05, 0.1) is 16.4 Å². The van der Waals surface area contributed by atoms with E-state index in [-0.39, 0.29) is 29.4 Å². The Morgan fingerprint density at radius 2 is 1.76 bits per heavy atom. The number of aromatic hydroxyl groups is 1. The van der Waals surface area contributed by atoms with Gasteiger partial charge in [-0.15, -0.1) is 12.4 Å². The largest absolute Gasteiger partial charge is 0.508 e. The molecule has 4 aromatic rings. The van der Waals surface area contributed by atoms with E-state index in [9.17, 15) is 14.7 Å². The van der Waals surface area contributed by atoms with Crippen LogP contribution in [0.4, 0.5) is 0 Å². The van der Waals surface area contributed by atoms with Gasteiger partial charge in [-0.05, 0) is 38.4 Å². The van der Waals surface area contributed by atoms with Crippen LogP contribution < -0.4 is 11.2 Å². The summed E-state index contributed by atoms with van der Waals surface area (Å²) in [5, 5.41) is 11.9. The summed E-state index contributed by atoms with van der Waals surface area (Å²) in [6.45, 7) is 0.932. The van der Waals surface area contributed by atoms with Gasteiger partial charge in [-0.3, -0.25) is 13.8 Å². The van der Waals surface area contributed by atoms with Crippen LogP contribution in [-0.2, 0) is 6.54 Å². The first kappa shape index (κ1) is 17.3. The molecule has 0 bridgehead atoms. The molecule has 0 aliphatic rings. The van der Waals surface area contributed by atoms with E-state index in [0.717, 1.165) is 10.8 Å². The normalized spacial score (nSPS) is 11.6. The molecular formula is C18H18ClN3O3. The van der Waals surface area contributed by atoms with E-state index < -0.39 is 0 Å².